The fourth-order valence-corrected chi connectivity index (χ4v) is 4.75. The Kier molecular flexibility index (Phi) is 5.44. The highest BCUT2D eigenvalue weighted by atomic mass is 16.2. The number of hydrogen-bond acceptors (Lipinski definition) is 3. The van der Waals surface area contributed by atoms with Crippen LogP contribution >= 0.6 is 0 Å². The molecule has 0 N–H and O–H groups in total. The molecule has 1 atom stereocenters. The van der Waals surface area contributed by atoms with Crippen molar-refractivity contribution >= 4 is 12.1 Å². The molecule has 3 aliphatic rings. The van der Waals surface area contributed by atoms with Crippen molar-refractivity contribution in [2.45, 2.75) is 51.1 Å². The third kappa shape index (κ3) is 4.01. The van der Waals surface area contributed by atoms with Gasteiger partial charge in [-0.1, -0.05) is 44.0 Å². The summed E-state index contributed by atoms with van der Waals surface area (Å²) in [6.45, 7) is 7.23. The Balaban J connectivity index is 1.28. The van der Waals surface area contributed by atoms with Crippen LogP contribution in [0.3, 0.4) is 0 Å². The third-order valence-electron chi connectivity index (χ3n) is 6.37. The van der Waals surface area contributed by atoms with Crippen molar-refractivity contribution in [3.05, 3.63) is 47.5 Å². The molecule has 1 amide bonds. The molecule has 1 fully saturated rings. The monoisotopic (exact) mass is 365 g/mol. The summed E-state index contributed by atoms with van der Waals surface area (Å²) in [7, 11) is 0. The van der Waals surface area contributed by atoms with Gasteiger partial charge in [-0.3, -0.25) is 9.79 Å². The molecule has 1 saturated heterocycles. The second kappa shape index (κ2) is 7.97. The van der Waals surface area contributed by atoms with Gasteiger partial charge in [0, 0.05) is 31.4 Å². The van der Waals surface area contributed by atoms with Gasteiger partial charge in [-0.25, -0.2) is 0 Å². The number of rotatable bonds is 7. The number of allylic oxidation sites excluding steroid dienone is 1. The van der Waals surface area contributed by atoms with Gasteiger partial charge in [0.15, 0.2) is 0 Å². The van der Waals surface area contributed by atoms with E-state index in [0.29, 0.717) is 5.92 Å². The minimum atomic E-state index is 0.00933. The zero-order valence-electron chi connectivity index (χ0n) is 16.4. The van der Waals surface area contributed by atoms with Crippen LogP contribution in [-0.2, 0) is 6.54 Å². The van der Waals surface area contributed by atoms with Crippen molar-refractivity contribution in [3.8, 4) is 0 Å². The summed E-state index contributed by atoms with van der Waals surface area (Å²) in [6.07, 6.45) is 12.3. The summed E-state index contributed by atoms with van der Waals surface area (Å²) in [6, 6.07) is 8.04. The van der Waals surface area contributed by atoms with Crippen LogP contribution in [0.25, 0.3) is 0 Å². The van der Waals surface area contributed by atoms with Crippen LogP contribution in [-0.4, -0.2) is 53.6 Å². The highest BCUT2D eigenvalue weighted by Crippen LogP contribution is 2.29. The molecule has 144 valence electrons. The standard InChI is InChI=1S/C23H31N3O/c1-2-3-11-23(12-6-13-24-23)18-25-14-9-19(10-15-25)16-26-17-20-7-4-5-8-21(20)22(26)27/h4-8,12-13,19H,2-3,9-11,14-18H2,1H3. The number of carbonyl (C=O) groups is 1. The maximum absolute atomic E-state index is 12.6. The van der Waals surface area contributed by atoms with Gasteiger partial charge in [0.25, 0.3) is 5.91 Å². The average Bonchev–Trinajstić information content (AvgIpc) is 3.27. The molecule has 0 saturated carbocycles. The lowest BCUT2D eigenvalue weighted by molar-refractivity contribution is 0.0707. The lowest BCUT2D eigenvalue weighted by Gasteiger charge is -2.38. The van der Waals surface area contributed by atoms with Gasteiger partial charge < -0.3 is 9.80 Å². The molecule has 4 heteroatoms. The first kappa shape index (κ1) is 18.4. The van der Waals surface area contributed by atoms with Crippen LogP contribution in [0.1, 0.15) is 54.9 Å². The molecular weight excluding hydrogens is 334 g/mol. The van der Waals surface area contributed by atoms with Crippen LogP contribution in [0, 0.1) is 5.92 Å². The van der Waals surface area contributed by atoms with Gasteiger partial charge >= 0.3 is 0 Å². The second-order valence-electron chi connectivity index (χ2n) is 8.41. The van der Waals surface area contributed by atoms with Crippen molar-refractivity contribution in [1.82, 2.24) is 9.80 Å². The van der Waals surface area contributed by atoms with Gasteiger partial charge in [-0.15, -0.1) is 0 Å². The van der Waals surface area contributed by atoms with Gasteiger partial charge in [-0.05, 0) is 56.0 Å². The predicted molar refractivity (Wildman–Crippen MR) is 110 cm³/mol. The molecule has 1 aromatic rings. The van der Waals surface area contributed by atoms with Crippen molar-refractivity contribution in [3.63, 3.8) is 0 Å². The molecule has 4 nitrogen and oxygen atoms in total. The van der Waals surface area contributed by atoms with Crippen LogP contribution < -0.4 is 0 Å². The minimum Gasteiger partial charge on any atom is -0.334 e. The lowest BCUT2D eigenvalue weighted by Crippen LogP contribution is -2.45. The van der Waals surface area contributed by atoms with Crippen molar-refractivity contribution in [1.29, 1.82) is 0 Å². The Bertz CT molecular complexity index is 719. The van der Waals surface area contributed by atoms with Gasteiger partial charge in [0.05, 0.1) is 5.54 Å². The number of benzene rings is 1. The highest BCUT2D eigenvalue weighted by molar-refractivity contribution is 5.98. The fourth-order valence-electron chi connectivity index (χ4n) is 4.75. The lowest BCUT2D eigenvalue weighted by atomic mass is 9.90. The van der Waals surface area contributed by atoms with E-state index < -0.39 is 0 Å². The van der Waals surface area contributed by atoms with E-state index in [4.69, 9.17) is 4.99 Å². The number of carbonyl (C=O) groups excluding carboxylic acids is 1. The molecule has 0 aliphatic carbocycles. The van der Waals surface area contributed by atoms with E-state index in [1.807, 2.05) is 24.4 Å². The molecule has 3 aliphatic heterocycles. The minimum absolute atomic E-state index is 0.00933. The van der Waals surface area contributed by atoms with Crippen LogP contribution in [0.4, 0.5) is 0 Å². The first-order chi connectivity index (χ1) is 13.2. The number of hydrogen-bond donors (Lipinski definition) is 0. The highest BCUT2D eigenvalue weighted by Gasteiger charge is 2.33. The number of amides is 1. The Hall–Kier alpha value is -1.94. The maximum atomic E-state index is 12.6. The fraction of sp³-hybridized carbons (Fsp3) is 0.565. The Morgan fingerprint density at radius 1 is 1.22 bits per heavy atom. The number of piperidine rings is 1. The summed E-state index contributed by atoms with van der Waals surface area (Å²) < 4.78 is 0. The molecule has 0 radical (unpaired) electrons. The molecule has 0 spiro atoms. The van der Waals surface area contributed by atoms with E-state index in [1.54, 1.807) is 0 Å². The zero-order valence-corrected chi connectivity index (χ0v) is 16.4. The Labute approximate surface area is 163 Å². The molecular formula is C23H31N3O. The van der Waals surface area contributed by atoms with Crippen molar-refractivity contribution in [2.75, 3.05) is 26.2 Å². The molecule has 3 heterocycles. The van der Waals surface area contributed by atoms with E-state index in [2.05, 4.69) is 34.9 Å². The quantitative estimate of drug-likeness (QED) is 0.734. The van der Waals surface area contributed by atoms with E-state index in [9.17, 15) is 4.79 Å². The number of aliphatic imine (C=N–C) groups is 1. The molecule has 27 heavy (non-hydrogen) atoms. The SMILES string of the molecule is CCCCC1(CN2CCC(CN3Cc4ccccc4C3=O)CC2)C=CC=N1. The van der Waals surface area contributed by atoms with E-state index in [0.717, 1.165) is 44.7 Å². The zero-order chi connectivity index (χ0) is 18.7. The van der Waals surface area contributed by atoms with Gasteiger partial charge in [-0.2, -0.15) is 0 Å². The largest absolute Gasteiger partial charge is 0.334 e. The first-order valence-electron chi connectivity index (χ1n) is 10.5. The van der Waals surface area contributed by atoms with Gasteiger partial charge in [0.1, 0.15) is 0 Å². The summed E-state index contributed by atoms with van der Waals surface area (Å²) in [5, 5.41) is 0. The summed E-state index contributed by atoms with van der Waals surface area (Å²) in [4.78, 5) is 22.0. The predicted octanol–water partition coefficient (Wildman–Crippen LogP) is 3.92. The Morgan fingerprint density at radius 2 is 2.04 bits per heavy atom. The molecule has 1 unspecified atom stereocenters. The maximum Gasteiger partial charge on any atom is 0.254 e. The number of unbranched alkanes of at least 4 members (excludes halogenated alkanes) is 1. The molecule has 4 rings (SSSR count). The smallest absolute Gasteiger partial charge is 0.254 e. The van der Waals surface area contributed by atoms with Crippen LogP contribution in [0.2, 0.25) is 0 Å². The Morgan fingerprint density at radius 3 is 2.74 bits per heavy atom. The van der Waals surface area contributed by atoms with E-state index in [1.165, 1.54) is 31.2 Å². The molecule has 0 aromatic heterocycles. The van der Waals surface area contributed by atoms with Crippen molar-refractivity contribution < 1.29 is 4.79 Å². The van der Waals surface area contributed by atoms with Crippen LogP contribution in [0.15, 0.2) is 41.4 Å². The number of likely N-dealkylation sites (tertiary alicyclic amines) is 1. The summed E-state index contributed by atoms with van der Waals surface area (Å²) in [5.74, 6) is 0.839. The normalized spacial score (nSPS) is 25.5. The number of nitrogens with zero attached hydrogens (tertiary/aromatic N) is 3. The third-order valence-corrected chi connectivity index (χ3v) is 6.37. The van der Waals surface area contributed by atoms with Crippen LogP contribution in [0.5, 0.6) is 0 Å². The average molecular weight is 366 g/mol. The van der Waals surface area contributed by atoms with E-state index in [-0.39, 0.29) is 11.4 Å². The topological polar surface area (TPSA) is 35.9 Å². The van der Waals surface area contributed by atoms with E-state index >= 15 is 0 Å². The summed E-state index contributed by atoms with van der Waals surface area (Å²) in [5.41, 5.74) is 2.09. The molecule has 1 aromatic carbocycles. The summed E-state index contributed by atoms with van der Waals surface area (Å²) >= 11 is 0. The van der Waals surface area contributed by atoms with Gasteiger partial charge in [0.2, 0.25) is 0 Å². The van der Waals surface area contributed by atoms with Crippen molar-refractivity contribution in [2.24, 2.45) is 10.9 Å². The molecule has 0 bridgehead atoms. The number of fused-ring (bicyclic) bond motifs is 1. The first-order valence-corrected chi connectivity index (χ1v) is 10.5. The second-order valence-corrected chi connectivity index (χ2v) is 8.41.